The molecule has 3 aromatic rings. The molecule has 0 radical (unpaired) electrons. The van der Waals surface area contributed by atoms with Crippen molar-refractivity contribution in [2.45, 2.75) is 26.2 Å². The number of ether oxygens (including phenoxy) is 1. The summed E-state index contributed by atoms with van der Waals surface area (Å²) in [7, 11) is 0. The maximum absolute atomic E-state index is 5.73. The van der Waals surface area contributed by atoms with Gasteiger partial charge in [0.1, 0.15) is 11.3 Å². The summed E-state index contributed by atoms with van der Waals surface area (Å²) in [6.45, 7) is 6.53. The van der Waals surface area contributed by atoms with E-state index in [-0.39, 0.29) is 10.6 Å². The van der Waals surface area contributed by atoms with Crippen LogP contribution in [0.5, 0.6) is 5.75 Å². The van der Waals surface area contributed by atoms with Gasteiger partial charge in [-0.05, 0) is 47.5 Å². The molecule has 0 fully saturated rings. The monoisotopic (exact) mass is 311 g/mol. The molecular formula is C17H17N3OS. The Morgan fingerprint density at radius 2 is 1.73 bits per heavy atom. The Bertz CT molecular complexity index is 816. The van der Waals surface area contributed by atoms with Crippen LogP contribution in [0.25, 0.3) is 11.0 Å². The van der Waals surface area contributed by atoms with Crippen LogP contribution in [-0.4, -0.2) is 20.2 Å². The summed E-state index contributed by atoms with van der Waals surface area (Å²) in [6, 6.07) is 15.6. The Hall–Kier alpha value is -2.27. The molecule has 0 aliphatic heterocycles. The normalized spacial score (nSPS) is 11.6. The quantitative estimate of drug-likeness (QED) is 0.638. The number of rotatable bonds is 1. The molecule has 4 nitrogen and oxygen atoms in total. The van der Waals surface area contributed by atoms with Gasteiger partial charge in [0.25, 0.3) is 5.17 Å². The second-order valence-corrected chi connectivity index (χ2v) is 6.48. The molecule has 0 N–H and O–H groups in total. The van der Waals surface area contributed by atoms with Gasteiger partial charge in [-0.15, -0.1) is 5.10 Å². The van der Waals surface area contributed by atoms with Crippen LogP contribution < -0.4 is 4.74 Å². The molecule has 0 spiro atoms. The molecule has 22 heavy (non-hydrogen) atoms. The fourth-order valence-corrected chi connectivity index (χ4v) is 2.40. The Morgan fingerprint density at radius 3 is 2.41 bits per heavy atom. The van der Waals surface area contributed by atoms with Crippen molar-refractivity contribution < 1.29 is 4.74 Å². The predicted molar refractivity (Wildman–Crippen MR) is 91.3 cm³/mol. The maximum Gasteiger partial charge on any atom is 0.292 e. The molecule has 0 saturated carbocycles. The van der Waals surface area contributed by atoms with Crippen molar-refractivity contribution in [3.8, 4) is 5.75 Å². The smallest absolute Gasteiger partial charge is 0.292 e. The van der Waals surface area contributed by atoms with Crippen LogP contribution in [-0.2, 0) is 5.41 Å². The zero-order valence-electron chi connectivity index (χ0n) is 12.8. The molecule has 112 valence electrons. The van der Waals surface area contributed by atoms with Gasteiger partial charge >= 0.3 is 0 Å². The largest absolute Gasteiger partial charge is 0.430 e. The first-order valence-corrected chi connectivity index (χ1v) is 7.49. The van der Waals surface area contributed by atoms with Crippen LogP contribution in [0.4, 0.5) is 0 Å². The molecular weight excluding hydrogens is 294 g/mol. The Kier molecular flexibility index (Phi) is 3.66. The molecule has 0 bridgehead atoms. The molecule has 5 heteroatoms. The van der Waals surface area contributed by atoms with Gasteiger partial charge in [-0.1, -0.05) is 50.3 Å². The number of thiocarbonyl (C=S) groups is 1. The number of aromatic nitrogens is 3. The molecule has 0 saturated heterocycles. The van der Waals surface area contributed by atoms with E-state index in [9.17, 15) is 0 Å². The molecule has 0 aliphatic carbocycles. The molecule has 0 unspecified atom stereocenters. The molecule has 1 heterocycles. The predicted octanol–water partition coefficient (Wildman–Crippen LogP) is 3.94. The minimum Gasteiger partial charge on any atom is -0.430 e. The topological polar surface area (TPSA) is 39.9 Å². The lowest BCUT2D eigenvalue weighted by Crippen LogP contribution is -2.18. The summed E-state index contributed by atoms with van der Waals surface area (Å²) >= 11 is 5.33. The molecule has 0 aliphatic rings. The van der Waals surface area contributed by atoms with Crippen LogP contribution in [0.2, 0.25) is 0 Å². The third-order valence-corrected chi connectivity index (χ3v) is 3.71. The summed E-state index contributed by atoms with van der Waals surface area (Å²) < 4.78 is 7.26. The minimum absolute atomic E-state index is 0.112. The highest BCUT2D eigenvalue weighted by Crippen LogP contribution is 2.24. The summed E-state index contributed by atoms with van der Waals surface area (Å²) in [6.07, 6.45) is 0. The fraction of sp³-hybridized carbons (Fsp3) is 0.235. The Morgan fingerprint density at radius 1 is 1.05 bits per heavy atom. The van der Waals surface area contributed by atoms with Crippen molar-refractivity contribution in [3.05, 3.63) is 54.1 Å². The van der Waals surface area contributed by atoms with Gasteiger partial charge in [0.15, 0.2) is 0 Å². The maximum atomic E-state index is 5.73. The van der Waals surface area contributed by atoms with E-state index in [0.29, 0.717) is 5.75 Å². The van der Waals surface area contributed by atoms with Gasteiger partial charge in [-0.2, -0.15) is 4.68 Å². The first kappa shape index (κ1) is 14.7. The Labute approximate surface area is 134 Å². The van der Waals surface area contributed by atoms with Crippen molar-refractivity contribution in [2.24, 2.45) is 0 Å². The lowest BCUT2D eigenvalue weighted by atomic mass is 9.87. The highest BCUT2D eigenvalue weighted by molar-refractivity contribution is 7.80. The number of nitrogens with zero attached hydrogens (tertiary/aromatic N) is 3. The molecule has 0 atom stereocenters. The van der Waals surface area contributed by atoms with E-state index in [1.54, 1.807) is 0 Å². The van der Waals surface area contributed by atoms with Crippen molar-refractivity contribution >= 4 is 28.4 Å². The van der Waals surface area contributed by atoms with E-state index in [0.717, 1.165) is 11.0 Å². The average molecular weight is 311 g/mol. The van der Waals surface area contributed by atoms with Crippen molar-refractivity contribution in [2.75, 3.05) is 0 Å². The highest BCUT2D eigenvalue weighted by atomic mass is 32.1. The van der Waals surface area contributed by atoms with Crippen LogP contribution in [0.3, 0.4) is 0 Å². The SMILES string of the molecule is CC(C)(C)c1ccc(OC(=S)n2nnc3ccccc32)cc1. The number of hydrogen-bond donors (Lipinski definition) is 0. The second kappa shape index (κ2) is 5.50. The lowest BCUT2D eigenvalue weighted by Gasteiger charge is -2.19. The molecule has 2 aromatic carbocycles. The van der Waals surface area contributed by atoms with Gasteiger partial charge in [-0.25, -0.2) is 0 Å². The number of fused-ring (bicyclic) bond motifs is 1. The standard InChI is InChI=1S/C17H17N3OS/c1-17(2,3)12-8-10-13(11-9-12)21-16(22)20-15-7-5-4-6-14(15)18-19-20/h4-11H,1-3H3. The number of benzene rings is 2. The van der Waals surface area contributed by atoms with Gasteiger partial charge in [0, 0.05) is 0 Å². The third-order valence-electron chi connectivity index (χ3n) is 3.45. The zero-order chi connectivity index (χ0) is 15.7. The van der Waals surface area contributed by atoms with E-state index in [1.165, 1.54) is 10.2 Å². The first-order valence-electron chi connectivity index (χ1n) is 7.08. The van der Waals surface area contributed by atoms with Crippen molar-refractivity contribution in [3.63, 3.8) is 0 Å². The second-order valence-electron chi connectivity index (χ2n) is 6.13. The summed E-state index contributed by atoms with van der Waals surface area (Å²) in [4.78, 5) is 0. The average Bonchev–Trinajstić information content (AvgIpc) is 2.91. The first-order chi connectivity index (χ1) is 10.4. The Balaban J connectivity index is 1.82. The lowest BCUT2D eigenvalue weighted by molar-refractivity contribution is 0.526. The fourth-order valence-electron chi connectivity index (χ4n) is 2.17. The van der Waals surface area contributed by atoms with E-state index < -0.39 is 0 Å². The van der Waals surface area contributed by atoms with E-state index in [4.69, 9.17) is 17.0 Å². The number of para-hydroxylation sites is 1. The van der Waals surface area contributed by atoms with Crippen LogP contribution in [0.15, 0.2) is 48.5 Å². The minimum atomic E-state index is 0.112. The van der Waals surface area contributed by atoms with Crippen molar-refractivity contribution in [1.29, 1.82) is 0 Å². The summed E-state index contributed by atoms with van der Waals surface area (Å²) in [5.74, 6) is 0.692. The van der Waals surface area contributed by atoms with Gasteiger partial charge in [0.2, 0.25) is 0 Å². The highest BCUT2D eigenvalue weighted by Gasteiger charge is 2.14. The van der Waals surface area contributed by atoms with Crippen LogP contribution in [0, 0.1) is 0 Å². The molecule has 0 amide bonds. The zero-order valence-corrected chi connectivity index (χ0v) is 13.6. The van der Waals surface area contributed by atoms with Gasteiger partial charge < -0.3 is 4.74 Å². The van der Waals surface area contributed by atoms with Gasteiger partial charge in [-0.3, -0.25) is 0 Å². The molecule has 3 rings (SSSR count). The summed E-state index contributed by atoms with van der Waals surface area (Å²) in [5.41, 5.74) is 2.98. The van der Waals surface area contributed by atoms with Crippen molar-refractivity contribution in [1.82, 2.24) is 15.0 Å². The summed E-state index contributed by atoms with van der Waals surface area (Å²) in [5, 5.41) is 8.38. The van der Waals surface area contributed by atoms with E-state index >= 15 is 0 Å². The van der Waals surface area contributed by atoms with E-state index in [1.807, 2.05) is 36.4 Å². The van der Waals surface area contributed by atoms with Gasteiger partial charge in [0.05, 0.1) is 5.52 Å². The van der Waals surface area contributed by atoms with Crippen LogP contribution in [0.1, 0.15) is 26.3 Å². The third kappa shape index (κ3) is 2.85. The van der Waals surface area contributed by atoms with Crippen LogP contribution >= 0.6 is 12.2 Å². The number of hydrogen-bond acceptors (Lipinski definition) is 4. The van der Waals surface area contributed by atoms with E-state index in [2.05, 4.69) is 43.2 Å². The molecule has 1 aromatic heterocycles.